The van der Waals surface area contributed by atoms with Crippen molar-refractivity contribution in [2.75, 3.05) is 11.5 Å². The number of rotatable bonds is 8. The van der Waals surface area contributed by atoms with Crippen molar-refractivity contribution in [1.82, 2.24) is 0 Å². The van der Waals surface area contributed by atoms with Crippen LogP contribution in [0.4, 0.5) is 11.4 Å². The number of anilines is 2. The van der Waals surface area contributed by atoms with E-state index in [1.807, 2.05) is 0 Å². The molecular formula is C20H28N2OS2. The molecule has 4 N–H and O–H groups in total. The van der Waals surface area contributed by atoms with E-state index in [-0.39, 0.29) is 0 Å². The van der Waals surface area contributed by atoms with E-state index >= 15 is 0 Å². The van der Waals surface area contributed by atoms with Gasteiger partial charge in [-0.05, 0) is 72.2 Å². The molecule has 0 aliphatic rings. The Morgan fingerprint density at radius 1 is 0.640 bits per heavy atom. The number of aryl methyl sites for hydroxylation is 4. The predicted molar refractivity (Wildman–Crippen MR) is 112 cm³/mol. The van der Waals surface area contributed by atoms with Crippen molar-refractivity contribution in [3.8, 4) is 0 Å². The molecule has 0 atom stereocenters. The molecule has 0 bridgehead atoms. The summed E-state index contributed by atoms with van der Waals surface area (Å²) in [4.78, 5) is 2.19. The van der Waals surface area contributed by atoms with Gasteiger partial charge in [-0.1, -0.05) is 27.7 Å². The van der Waals surface area contributed by atoms with Gasteiger partial charge < -0.3 is 11.5 Å². The van der Waals surface area contributed by atoms with Gasteiger partial charge in [0.25, 0.3) is 0 Å². The first kappa shape index (κ1) is 20.0. The van der Waals surface area contributed by atoms with Crippen LogP contribution >= 0.6 is 24.1 Å². The lowest BCUT2D eigenvalue weighted by Crippen LogP contribution is -1.99. The summed E-state index contributed by atoms with van der Waals surface area (Å²) in [5, 5.41) is 0. The molecule has 0 unspecified atom stereocenters. The fourth-order valence-electron chi connectivity index (χ4n) is 2.86. The molecule has 0 aliphatic carbocycles. The molecule has 0 saturated carbocycles. The first-order chi connectivity index (χ1) is 12.0. The zero-order valence-corrected chi connectivity index (χ0v) is 17.2. The molecule has 0 fully saturated rings. The highest BCUT2D eigenvalue weighted by atomic mass is 32.2. The lowest BCUT2D eigenvalue weighted by molar-refractivity contribution is 0.755. The molecular weight excluding hydrogens is 348 g/mol. The molecule has 25 heavy (non-hydrogen) atoms. The molecule has 0 radical (unpaired) electrons. The van der Waals surface area contributed by atoms with Crippen molar-refractivity contribution < 1.29 is 3.63 Å². The van der Waals surface area contributed by atoms with Crippen LogP contribution in [0.1, 0.15) is 49.9 Å². The van der Waals surface area contributed by atoms with Crippen LogP contribution in [0.25, 0.3) is 0 Å². The summed E-state index contributed by atoms with van der Waals surface area (Å²) in [7, 11) is 0. The standard InChI is InChI=1S/C20H28N2OS2/c1-5-13-9-17(10-14(6-2)19(13)21)24-23-25-18-11-15(7-3)20(22)16(8-4)12-18/h9-12H,5-8,21-22H2,1-4H3. The van der Waals surface area contributed by atoms with E-state index in [9.17, 15) is 0 Å². The van der Waals surface area contributed by atoms with Gasteiger partial charge in [-0.3, -0.25) is 0 Å². The van der Waals surface area contributed by atoms with Crippen LogP contribution < -0.4 is 11.5 Å². The number of hydrogen-bond acceptors (Lipinski definition) is 5. The Morgan fingerprint density at radius 2 is 0.920 bits per heavy atom. The van der Waals surface area contributed by atoms with Crippen LogP contribution in [0.5, 0.6) is 0 Å². The lowest BCUT2D eigenvalue weighted by Gasteiger charge is -2.13. The first-order valence-corrected chi connectivity index (χ1v) is 10.4. The second-order valence-electron chi connectivity index (χ2n) is 5.96. The zero-order valence-electron chi connectivity index (χ0n) is 15.5. The highest BCUT2D eigenvalue weighted by Gasteiger charge is 2.10. The van der Waals surface area contributed by atoms with Gasteiger partial charge in [0.15, 0.2) is 0 Å². The molecule has 0 spiro atoms. The van der Waals surface area contributed by atoms with Crippen LogP contribution in [-0.4, -0.2) is 0 Å². The van der Waals surface area contributed by atoms with Crippen molar-refractivity contribution in [3.05, 3.63) is 46.5 Å². The van der Waals surface area contributed by atoms with Crippen molar-refractivity contribution >= 4 is 35.5 Å². The largest absolute Gasteiger partial charge is 0.398 e. The van der Waals surface area contributed by atoms with Gasteiger partial charge in [0, 0.05) is 45.3 Å². The molecule has 2 rings (SSSR count). The maximum absolute atomic E-state index is 6.20. The summed E-state index contributed by atoms with van der Waals surface area (Å²) in [6.07, 6.45) is 3.71. The van der Waals surface area contributed by atoms with E-state index in [4.69, 9.17) is 15.1 Å². The third-order valence-electron chi connectivity index (χ3n) is 4.43. The molecule has 3 nitrogen and oxygen atoms in total. The van der Waals surface area contributed by atoms with Crippen LogP contribution in [0.3, 0.4) is 0 Å². The third kappa shape index (κ3) is 4.87. The van der Waals surface area contributed by atoms with E-state index in [0.29, 0.717) is 0 Å². The maximum atomic E-state index is 6.20. The van der Waals surface area contributed by atoms with Crippen molar-refractivity contribution in [1.29, 1.82) is 0 Å². The first-order valence-electron chi connectivity index (χ1n) is 8.87. The van der Waals surface area contributed by atoms with E-state index in [0.717, 1.165) is 46.8 Å². The SMILES string of the molecule is CCc1cc(SOSc2cc(CC)c(N)c(CC)c2)cc(CC)c1N. The summed E-state index contributed by atoms with van der Waals surface area (Å²) in [6, 6.07) is 8.49. The molecule has 0 amide bonds. The molecule has 2 aromatic rings. The molecule has 0 aliphatic heterocycles. The number of benzene rings is 2. The Labute approximate surface area is 160 Å². The minimum absolute atomic E-state index is 0.917. The summed E-state index contributed by atoms with van der Waals surface area (Å²) < 4.78 is 5.84. The summed E-state index contributed by atoms with van der Waals surface area (Å²) in [6.45, 7) is 8.51. The average Bonchev–Trinajstić information content (AvgIpc) is 2.63. The van der Waals surface area contributed by atoms with Gasteiger partial charge in [-0.25, -0.2) is 3.63 Å². The van der Waals surface area contributed by atoms with Crippen molar-refractivity contribution in [2.45, 2.75) is 63.2 Å². The van der Waals surface area contributed by atoms with E-state index in [2.05, 4.69) is 52.0 Å². The Balaban J connectivity index is 2.11. The van der Waals surface area contributed by atoms with Gasteiger partial charge in [0.2, 0.25) is 0 Å². The summed E-state index contributed by atoms with van der Waals surface area (Å²) in [5.41, 5.74) is 19.0. The fraction of sp³-hybridized carbons (Fsp3) is 0.400. The molecule has 5 heteroatoms. The molecule has 2 aromatic carbocycles. The second kappa shape index (κ2) is 9.41. The Morgan fingerprint density at radius 3 is 1.16 bits per heavy atom. The summed E-state index contributed by atoms with van der Waals surface area (Å²) >= 11 is 2.78. The quantitative estimate of drug-likeness (QED) is 0.448. The highest BCUT2D eigenvalue weighted by molar-refractivity contribution is 8.07. The number of nitrogen functional groups attached to an aromatic ring is 2. The van der Waals surface area contributed by atoms with E-state index in [1.54, 1.807) is 0 Å². The molecule has 0 saturated heterocycles. The second-order valence-corrected chi connectivity index (χ2v) is 7.78. The van der Waals surface area contributed by atoms with Gasteiger partial charge in [-0.15, -0.1) is 0 Å². The van der Waals surface area contributed by atoms with Crippen molar-refractivity contribution in [2.24, 2.45) is 0 Å². The molecule has 0 heterocycles. The van der Waals surface area contributed by atoms with E-state index < -0.39 is 0 Å². The van der Waals surface area contributed by atoms with Crippen LogP contribution in [0.2, 0.25) is 0 Å². The van der Waals surface area contributed by atoms with E-state index in [1.165, 1.54) is 46.3 Å². The van der Waals surface area contributed by atoms with Crippen molar-refractivity contribution in [3.63, 3.8) is 0 Å². The van der Waals surface area contributed by atoms with Gasteiger partial charge in [0.05, 0.1) is 0 Å². The number of nitrogens with two attached hydrogens (primary N) is 2. The van der Waals surface area contributed by atoms with Gasteiger partial charge in [-0.2, -0.15) is 0 Å². The zero-order chi connectivity index (χ0) is 18.4. The monoisotopic (exact) mass is 376 g/mol. The van der Waals surface area contributed by atoms with Gasteiger partial charge >= 0.3 is 0 Å². The highest BCUT2D eigenvalue weighted by Crippen LogP contribution is 2.35. The topological polar surface area (TPSA) is 61.3 Å². The third-order valence-corrected chi connectivity index (χ3v) is 5.83. The predicted octanol–water partition coefficient (Wildman–Crippen LogP) is 5.83. The lowest BCUT2D eigenvalue weighted by atomic mass is 10.0. The molecule has 136 valence electrons. The smallest absolute Gasteiger partial charge is 0.0448 e. The Kier molecular flexibility index (Phi) is 7.54. The minimum Gasteiger partial charge on any atom is -0.398 e. The maximum Gasteiger partial charge on any atom is 0.0448 e. The summed E-state index contributed by atoms with van der Waals surface area (Å²) in [5.74, 6) is 0. The van der Waals surface area contributed by atoms with Crippen LogP contribution in [0.15, 0.2) is 34.1 Å². The Hall–Kier alpha value is -1.30. The Bertz CT molecular complexity index is 620. The average molecular weight is 377 g/mol. The van der Waals surface area contributed by atoms with Gasteiger partial charge in [0.1, 0.15) is 0 Å². The van der Waals surface area contributed by atoms with Crippen LogP contribution in [-0.2, 0) is 29.3 Å². The number of hydrogen-bond donors (Lipinski definition) is 2. The molecule has 0 aromatic heterocycles. The normalized spacial score (nSPS) is 11.0. The fourth-order valence-corrected chi connectivity index (χ4v) is 4.38. The van der Waals surface area contributed by atoms with Crippen LogP contribution in [0, 0.1) is 0 Å². The minimum atomic E-state index is 0.917.